The molecule has 2 heterocycles. The molecule has 0 unspecified atom stereocenters. The number of rotatable bonds is 1. The number of fused-ring (bicyclic) bond motifs is 3. The van der Waals surface area contributed by atoms with Crippen LogP contribution < -0.4 is 10.6 Å². The summed E-state index contributed by atoms with van der Waals surface area (Å²) in [5, 5.41) is 7.14. The Morgan fingerprint density at radius 2 is 1.86 bits per heavy atom. The predicted octanol–water partition coefficient (Wildman–Crippen LogP) is 3.75. The molecule has 1 fully saturated rings. The summed E-state index contributed by atoms with van der Waals surface area (Å²) >= 11 is 0. The van der Waals surface area contributed by atoms with Crippen LogP contribution in [0.2, 0.25) is 0 Å². The Kier molecular flexibility index (Phi) is 3.15. The van der Waals surface area contributed by atoms with Gasteiger partial charge in [-0.15, -0.1) is 0 Å². The van der Waals surface area contributed by atoms with E-state index in [-0.39, 0.29) is 5.82 Å². The molecule has 4 rings (SSSR count). The van der Waals surface area contributed by atoms with Gasteiger partial charge in [-0.25, -0.2) is 4.39 Å². The number of hydrogen-bond donors (Lipinski definition) is 2. The van der Waals surface area contributed by atoms with Gasteiger partial charge in [-0.05, 0) is 60.8 Å². The van der Waals surface area contributed by atoms with Crippen LogP contribution in [-0.2, 0) is 0 Å². The lowest BCUT2D eigenvalue weighted by Crippen LogP contribution is -2.21. The molecule has 2 aliphatic rings. The Balaban J connectivity index is 1.83. The second-order valence-corrected chi connectivity index (χ2v) is 5.96. The third-order valence-corrected chi connectivity index (χ3v) is 4.70. The van der Waals surface area contributed by atoms with E-state index in [1.54, 1.807) is 12.1 Å². The zero-order chi connectivity index (χ0) is 14.2. The summed E-state index contributed by atoms with van der Waals surface area (Å²) in [5.41, 5.74) is 4.76. The summed E-state index contributed by atoms with van der Waals surface area (Å²) in [6, 6.07) is 13.8. The highest BCUT2D eigenvalue weighted by molar-refractivity contribution is 5.77. The Morgan fingerprint density at radius 3 is 2.76 bits per heavy atom. The summed E-state index contributed by atoms with van der Waals surface area (Å²) in [6.45, 7) is 2.12. The van der Waals surface area contributed by atoms with Crippen LogP contribution in [0.4, 0.5) is 10.1 Å². The highest BCUT2D eigenvalue weighted by Crippen LogP contribution is 2.45. The zero-order valence-electron chi connectivity index (χ0n) is 11.9. The molecule has 2 nitrogen and oxygen atoms in total. The van der Waals surface area contributed by atoms with E-state index < -0.39 is 0 Å². The molecule has 2 N–H and O–H groups in total. The maximum absolute atomic E-state index is 13.6. The molecule has 2 aromatic rings. The van der Waals surface area contributed by atoms with Crippen LogP contribution in [-0.4, -0.2) is 19.1 Å². The van der Waals surface area contributed by atoms with Gasteiger partial charge < -0.3 is 10.6 Å². The van der Waals surface area contributed by atoms with E-state index in [9.17, 15) is 4.39 Å². The minimum Gasteiger partial charge on any atom is -0.381 e. The van der Waals surface area contributed by atoms with E-state index in [4.69, 9.17) is 0 Å². The minimum atomic E-state index is -0.171. The molecular weight excluding hydrogens is 263 g/mol. The maximum atomic E-state index is 13.6. The molecule has 108 valence electrons. The zero-order valence-corrected chi connectivity index (χ0v) is 11.9. The van der Waals surface area contributed by atoms with Gasteiger partial charge >= 0.3 is 0 Å². The Hall–Kier alpha value is -1.87. The molecule has 0 bridgehead atoms. The molecule has 0 amide bonds. The van der Waals surface area contributed by atoms with E-state index in [0.29, 0.717) is 12.0 Å². The smallest absolute Gasteiger partial charge is 0.123 e. The van der Waals surface area contributed by atoms with Crippen molar-refractivity contribution in [3.8, 4) is 11.1 Å². The number of benzene rings is 2. The first-order chi connectivity index (χ1) is 10.3. The average molecular weight is 282 g/mol. The fourth-order valence-corrected chi connectivity index (χ4v) is 3.76. The summed E-state index contributed by atoms with van der Waals surface area (Å²) < 4.78 is 13.6. The van der Waals surface area contributed by atoms with Crippen LogP contribution in [0.3, 0.4) is 0 Å². The fraction of sp³-hybridized carbons (Fsp3) is 0.333. The Bertz CT molecular complexity index is 668. The van der Waals surface area contributed by atoms with Gasteiger partial charge in [0.05, 0.1) is 0 Å². The number of hydrogen-bond acceptors (Lipinski definition) is 2. The summed E-state index contributed by atoms with van der Waals surface area (Å²) in [5.74, 6) is 0.351. The molecule has 0 radical (unpaired) electrons. The van der Waals surface area contributed by atoms with E-state index >= 15 is 0 Å². The highest BCUT2D eigenvalue weighted by Gasteiger charge is 2.34. The monoisotopic (exact) mass is 282 g/mol. The van der Waals surface area contributed by atoms with Crippen LogP contribution in [0, 0.1) is 5.82 Å². The molecule has 0 spiro atoms. The van der Waals surface area contributed by atoms with E-state index in [1.165, 1.54) is 22.9 Å². The fourth-order valence-electron chi connectivity index (χ4n) is 3.76. The molecule has 21 heavy (non-hydrogen) atoms. The SMILES string of the molecule is Fc1cccc(-c2cccc3c2[C@@H]2CCNCC[C@@H]2N3)c1. The minimum absolute atomic E-state index is 0.171. The average Bonchev–Trinajstić information content (AvgIpc) is 2.69. The first-order valence-electron chi connectivity index (χ1n) is 7.69. The maximum Gasteiger partial charge on any atom is 0.123 e. The van der Waals surface area contributed by atoms with Gasteiger partial charge in [0.2, 0.25) is 0 Å². The largest absolute Gasteiger partial charge is 0.381 e. The summed E-state index contributed by atoms with van der Waals surface area (Å²) in [6.07, 6.45) is 2.28. The van der Waals surface area contributed by atoms with Crippen molar-refractivity contribution in [2.24, 2.45) is 0 Å². The molecule has 3 heteroatoms. The third-order valence-electron chi connectivity index (χ3n) is 4.70. The molecular formula is C18H19FN2. The second-order valence-electron chi connectivity index (χ2n) is 5.96. The van der Waals surface area contributed by atoms with Crippen molar-refractivity contribution in [1.82, 2.24) is 5.32 Å². The highest BCUT2D eigenvalue weighted by atomic mass is 19.1. The van der Waals surface area contributed by atoms with Crippen LogP contribution in [0.25, 0.3) is 11.1 Å². The van der Waals surface area contributed by atoms with Gasteiger partial charge in [0.25, 0.3) is 0 Å². The van der Waals surface area contributed by atoms with Gasteiger partial charge in [-0.3, -0.25) is 0 Å². The van der Waals surface area contributed by atoms with Crippen molar-refractivity contribution in [2.45, 2.75) is 24.8 Å². The van der Waals surface area contributed by atoms with E-state index in [0.717, 1.165) is 31.5 Å². The molecule has 2 aromatic carbocycles. The van der Waals surface area contributed by atoms with Gasteiger partial charge in [0.1, 0.15) is 5.82 Å². The molecule has 0 aromatic heterocycles. The van der Waals surface area contributed by atoms with Crippen LogP contribution >= 0.6 is 0 Å². The van der Waals surface area contributed by atoms with Gasteiger partial charge in [0.15, 0.2) is 0 Å². The standard InChI is InChI=1S/C18H19FN2/c19-13-4-1-3-12(11-13)14-5-2-6-17-18(14)15-7-9-20-10-8-16(15)21-17/h1-6,11,15-16,20-21H,7-10H2/t15-,16+/m1/s1. The van der Waals surface area contributed by atoms with Gasteiger partial charge in [0, 0.05) is 17.6 Å². The first-order valence-corrected chi connectivity index (χ1v) is 7.69. The lowest BCUT2D eigenvalue weighted by atomic mass is 9.86. The molecule has 0 saturated carbocycles. The Labute approximate surface area is 124 Å². The van der Waals surface area contributed by atoms with Crippen LogP contribution in [0.5, 0.6) is 0 Å². The third kappa shape index (κ3) is 2.22. The second kappa shape index (κ2) is 5.15. The van der Waals surface area contributed by atoms with Crippen molar-refractivity contribution in [3.63, 3.8) is 0 Å². The molecule has 0 aliphatic carbocycles. The quantitative estimate of drug-likeness (QED) is 0.832. The molecule has 1 saturated heterocycles. The number of anilines is 1. The number of halogens is 1. The van der Waals surface area contributed by atoms with Crippen LogP contribution in [0.15, 0.2) is 42.5 Å². The normalized spacial score (nSPS) is 23.9. The summed E-state index contributed by atoms with van der Waals surface area (Å²) in [7, 11) is 0. The predicted molar refractivity (Wildman–Crippen MR) is 84.1 cm³/mol. The first kappa shape index (κ1) is 12.8. The number of nitrogens with one attached hydrogen (secondary N) is 2. The van der Waals surface area contributed by atoms with E-state index in [2.05, 4.69) is 28.8 Å². The van der Waals surface area contributed by atoms with E-state index in [1.807, 2.05) is 6.07 Å². The van der Waals surface area contributed by atoms with Crippen molar-refractivity contribution in [3.05, 3.63) is 53.8 Å². The van der Waals surface area contributed by atoms with Crippen molar-refractivity contribution in [1.29, 1.82) is 0 Å². The van der Waals surface area contributed by atoms with Crippen LogP contribution in [0.1, 0.15) is 24.3 Å². The van der Waals surface area contributed by atoms with Crippen molar-refractivity contribution >= 4 is 5.69 Å². The van der Waals surface area contributed by atoms with Crippen molar-refractivity contribution in [2.75, 3.05) is 18.4 Å². The topological polar surface area (TPSA) is 24.1 Å². The molecule has 2 aliphatic heterocycles. The van der Waals surface area contributed by atoms with Gasteiger partial charge in [-0.1, -0.05) is 24.3 Å². The Morgan fingerprint density at radius 1 is 1.00 bits per heavy atom. The summed E-state index contributed by atoms with van der Waals surface area (Å²) in [4.78, 5) is 0. The lowest BCUT2D eigenvalue weighted by molar-refractivity contribution is 0.579. The molecule has 2 atom stereocenters. The lowest BCUT2D eigenvalue weighted by Gasteiger charge is -2.18. The van der Waals surface area contributed by atoms with Crippen molar-refractivity contribution < 1.29 is 4.39 Å². The van der Waals surface area contributed by atoms with Gasteiger partial charge in [-0.2, -0.15) is 0 Å².